The van der Waals surface area contributed by atoms with Gasteiger partial charge in [-0.25, -0.2) is 0 Å². The molecular weight excluding hydrogens is 250 g/mol. The van der Waals surface area contributed by atoms with E-state index in [1.165, 1.54) is 16.9 Å². The summed E-state index contributed by atoms with van der Waals surface area (Å²) >= 11 is 0. The maximum atomic E-state index is 11.9. The fourth-order valence-electron chi connectivity index (χ4n) is 1.52. The zero-order chi connectivity index (χ0) is 14.0. The molecule has 2 aromatic rings. The van der Waals surface area contributed by atoms with Gasteiger partial charge < -0.3 is 10.4 Å². The van der Waals surface area contributed by atoms with Gasteiger partial charge in [0.15, 0.2) is 5.69 Å². The summed E-state index contributed by atoms with van der Waals surface area (Å²) in [6, 6.07) is 1.46. The SMILES string of the molecule is Cc1c(NC(=O)c2ccn(CC(=O)O)n2)cnn1C. The minimum atomic E-state index is -1.02. The van der Waals surface area contributed by atoms with Crippen LogP contribution in [0, 0.1) is 6.92 Å². The van der Waals surface area contributed by atoms with Gasteiger partial charge in [0.2, 0.25) is 0 Å². The van der Waals surface area contributed by atoms with Gasteiger partial charge in [-0.2, -0.15) is 10.2 Å². The van der Waals surface area contributed by atoms with Gasteiger partial charge in [-0.05, 0) is 13.0 Å². The Bertz CT molecular complexity index is 628. The third-order valence-electron chi connectivity index (χ3n) is 2.65. The summed E-state index contributed by atoms with van der Waals surface area (Å²) in [4.78, 5) is 22.4. The molecule has 100 valence electrons. The summed E-state index contributed by atoms with van der Waals surface area (Å²) in [5, 5.41) is 19.2. The molecule has 0 aliphatic carbocycles. The predicted octanol–water partition coefficient (Wildman–Crippen LogP) is 0.262. The van der Waals surface area contributed by atoms with Crippen LogP contribution < -0.4 is 5.32 Å². The molecule has 0 unspecified atom stereocenters. The number of carbonyl (C=O) groups excluding carboxylic acids is 1. The standard InChI is InChI=1S/C11H13N5O3/c1-7-9(5-12-15(7)2)13-11(19)8-3-4-16(14-8)6-10(17)18/h3-5H,6H2,1-2H3,(H,13,19)(H,17,18). The minimum Gasteiger partial charge on any atom is -0.480 e. The first-order valence-electron chi connectivity index (χ1n) is 5.52. The number of amides is 1. The molecule has 2 aromatic heterocycles. The Balaban J connectivity index is 2.10. The Morgan fingerprint density at radius 2 is 2.21 bits per heavy atom. The summed E-state index contributed by atoms with van der Waals surface area (Å²) in [5.74, 6) is -1.42. The van der Waals surface area contributed by atoms with Crippen molar-refractivity contribution in [1.29, 1.82) is 0 Å². The minimum absolute atomic E-state index is 0.157. The van der Waals surface area contributed by atoms with Crippen molar-refractivity contribution < 1.29 is 14.7 Å². The number of aryl methyl sites for hydroxylation is 1. The van der Waals surface area contributed by atoms with Crippen LogP contribution in [-0.4, -0.2) is 36.5 Å². The van der Waals surface area contributed by atoms with Gasteiger partial charge in [0.05, 0.1) is 17.6 Å². The van der Waals surface area contributed by atoms with Crippen molar-refractivity contribution in [3.63, 3.8) is 0 Å². The van der Waals surface area contributed by atoms with Crippen LogP contribution >= 0.6 is 0 Å². The molecule has 0 saturated heterocycles. The number of nitrogens with one attached hydrogen (secondary N) is 1. The van der Waals surface area contributed by atoms with Crippen molar-refractivity contribution in [2.75, 3.05) is 5.32 Å². The number of hydrogen-bond donors (Lipinski definition) is 2. The van der Waals surface area contributed by atoms with Crippen LogP contribution in [0.5, 0.6) is 0 Å². The normalized spacial score (nSPS) is 10.4. The Hall–Kier alpha value is -2.64. The average Bonchev–Trinajstić information content (AvgIpc) is 2.90. The summed E-state index contributed by atoms with van der Waals surface area (Å²) in [6.45, 7) is 1.55. The van der Waals surface area contributed by atoms with Gasteiger partial charge >= 0.3 is 5.97 Å². The maximum absolute atomic E-state index is 11.9. The fraction of sp³-hybridized carbons (Fsp3) is 0.273. The molecule has 2 N–H and O–H groups in total. The Morgan fingerprint density at radius 3 is 2.79 bits per heavy atom. The first kappa shape index (κ1) is 12.8. The van der Waals surface area contributed by atoms with Gasteiger partial charge in [-0.3, -0.25) is 19.0 Å². The lowest BCUT2D eigenvalue weighted by atomic mass is 10.3. The number of aromatic nitrogens is 4. The zero-order valence-corrected chi connectivity index (χ0v) is 10.5. The molecule has 0 spiro atoms. The second-order valence-corrected chi connectivity index (χ2v) is 4.01. The number of carboxylic acids is 1. The highest BCUT2D eigenvalue weighted by atomic mass is 16.4. The van der Waals surface area contributed by atoms with Gasteiger partial charge in [0, 0.05) is 13.2 Å². The summed E-state index contributed by atoms with van der Waals surface area (Å²) in [6.07, 6.45) is 2.99. The van der Waals surface area contributed by atoms with Gasteiger partial charge in [-0.1, -0.05) is 0 Å². The molecule has 8 heteroatoms. The van der Waals surface area contributed by atoms with E-state index in [9.17, 15) is 9.59 Å². The van der Waals surface area contributed by atoms with E-state index in [2.05, 4.69) is 15.5 Å². The number of rotatable bonds is 4. The first-order chi connectivity index (χ1) is 8.97. The number of hydrogen-bond acceptors (Lipinski definition) is 4. The van der Waals surface area contributed by atoms with E-state index in [0.29, 0.717) is 5.69 Å². The monoisotopic (exact) mass is 263 g/mol. The highest BCUT2D eigenvalue weighted by Crippen LogP contribution is 2.13. The van der Waals surface area contributed by atoms with Crippen LogP contribution in [0.2, 0.25) is 0 Å². The molecule has 0 fully saturated rings. The summed E-state index contributed by atoms with van der Waals surface area (Å²) in [5.41, 5.74) is 1.57. The number of carbonyl (C=O) groups is 2. The lowest BCUT2D eigenvalue weighted by Gasteiger charge is -2.02. The third kappa shape index (κ3) is 2.79. The van der Waals surface area contributed by atoms with Gasteiger partial charge in [0.25, 0.3) is 5.91 Å². The third-order valence-corrected chi connectivity index (χ3v) is 2.65. The topological polar surface area (TPSA) is 102 Å². The molecule has 0 bridgehead atoms. The molecule has 19 heavy (non-hydrogen) atoms. The molecule has 8 nitrogen and oxygen atoms in total. The molecule has 0 aromatic carbocycles. The van der Waals surface area contributed by atoms with Crippen molar-refractivity contribution >= 4 is 17.6 Å². The lowest BCUT2D eigenvalue weighted by molar-refractivity contribution is -0.137. The van der Waals surface area contributed by atoms with Gasteiger partial charge in [0.1, 0.15) is 6.54 Å². The molecule has 2 heterocycles. The number of anilines is 1. The quantitative estimate of drug-likeness (QED) is 0.823. The largest absolute Gasteiger partial charge is 0.480 e. The van der Waals surface area contributed by atoms with E-state index in [1.807, 2.05) is 6.92 Å². The Kier molecular flexibility index (Phi) is 3.32. The fourth-order valence-corrected chi connectivity index (χ4v) is 1.52. The van der Waals surface area contributed by atoms with E-state index in [-0.39, 0.29) is 12.2 Å². The van der Waals surface area contributed by atoms with Crippen molar-refractivity contribution in [2.45, 2.75) is 13.5 Å². The molecule has 0 atom stereocenters. The van der Waals surface area contributed by atoms with Crippen molar-refractivity contribution in [1.82, 2.24) is 19.6 Å². The van der Waals surface area contributed by atoms with E-state index in [1.54, 1.807) is 17.9 Å². The second-order valence-electron chi connectivity index (χ2n) is 4.01. The molecule has 0 aliphatic heterocycles. The van der Waals surface area contributed by atoms with Crippen LogP contribution in [0.4, 0.5) is 5.69 Å². The molecular formula is C11H13N5O3. The first-order valence-corrected chi connectivity index (χ1v) is 5.52. The summed E-state index contributed by atoms with van der Waals surface area (Å²) < 4.78 is 2.83. The van der Waals surface area contributed by atoms with Crippen LogP contribution in [0.3, 0.4) is 0 Å². The van der Waals surface area contributed by atoms with E-state index in [4.69, 9.17) is 5.11 Å². The second kappa shape index (κ2) is 4.92. The zero-order valence-electron chi connectivity index (χ0n) is 10.5. The predicted molar refractivity (Wildman–Crippen MR) is 65.8 cm³/mol. The van der Waals surface area contributed by atoms with Crippen molar-refractivity contribution in [2.24, 2.45) is 7.05 Å². The van der Waals surface area contributed by atoms with Crippen LogP contribution in [0.15, 0.2) is 18.5 Å². The average molecular weight is 263 g/mol. The van der Waals surface area contributed by atoms with Crippen LogP contribution in [0.1, 0.15) is 16.2 Å². The number of carboxylic acid groups (broad SMARTS) is 1. The van der Waals surface area contributed by atoms with E-state index in [0.717, 1.165) is 5.69 Å². The number of aliphatic carboxylic acids is 1. The molecule has 1 amide bonds. The van der Waals surface area contributed by atoms with Gasteiger partial charge in [-0.15, -0.1) is 0 Å². The Labute approximate surface area is 108 Å². The van der Waals surface area contributed by atoms with Crippen molar-refractivity contribution in [3.8, 4) is 0 Å². The molecule has 0 radical (unpaired) electrons. The molecule has 0 saturated carbocycles. The maximum Gasteiger partial charge on any atom is 0.325 e. The smallest absolute Gasteiger partial charge is 0.325 e. The molecule has 2 rings (SSSR count). The summed E-state index contributed by atoms with van der Waals surface area (Å²) in [7, 11) is 1.77. The lowest BCUT2D eigenvalue weighted by Crippen LogP contribution is -2.15. The number of nitrogens with zero attached hydrogens (tertiary/aromatic N) is 4. The van der Waals surface area contributed by atoms with Crippen LogP contribution in [-0.2, 0) is 18.4 Å². The highest BCUT2D eigenvalue weighted by Gasteiger charge is 2.13. The van der Waals surface area contributed by atoms with Crippen LogP contribution in [0.25, 0.3) is 0 Å². The Morgan fingerprint density at radius 1 is 1.47 bits per heavy atom. The van der Waals surface area contributed by atoms with E-state index >= 15 is 0 Å². The molecule has 0 aliphatic rings. The van der Waals surface area contributed by atoms with E-state index < -0.39 is 11.9 Å². The van der Waals surface area contributed by atoms with Crippen molar-refractivity contribution in [3.05, 3.63) is 29.8 Å². The highest BCUT2D eigenvalue weighted by molar-refractivity contribution is 6.03.